The van der Waals surface area contributed by atoms with E-state index in [9.17, 15) is 9.59 Å². The topological polar surface area (TPSA) is 52.6 Å². The van der Waals surface area contributed by atoms with Gasteiger partial charge in [0.25, 0.3) is 0 Å². The molecule has 2 atom stereocenters. The molecular weight excluding hydrogens is 436 g/mol. The van der Waals surface area contributed by atoms with Crippen LogP contribution in [-0.2, 0) is 9.47 Å². The van der Waals surface area contributed by atoms with Crippen LogP contribution in [0.2, 0.25) is 0 Å². The van der Waals surface area contributed by atoms with Crippen LogP contribution in [0.15, 0.2) is 121 Å². The second-order valence-electron chi connectivity index (χ2n) is 8.95. The van der Waals surface area contributed by atoms with Gasteiger partial charge in [0.2, 0.25) is 0 Å². The summed E-state index contributed by atoms with van der Waals surface area (Å²) < 4.78 is 12.3. The summed E-state index contributed by atoms with van der Waals surface area (Å²) in [5.74, 6) is -0.873. The molecule has 0 N–H and O–H groups in total. The first-order chi connectivity index (χ1) is 17.0. The maximum absolute atomic E-state index is 13.1. The maximum atomic E-state index is 13.1. The monoisotopic (exact) mass is 464 g/mol. The molecule has 0 saturated carbocycles. The van der Waals surface area contributed by atoms with Gasteiger partial charge in [-0.15, -0.1) is 0 Å². The Hall–Kier alpha value is -4.18. The Balaban J connectivity index is 1.74. The molecule has 4 rings (SSSR count). The fourth-order valence-corrected chi connectivity index (χ4v) is 4.19. The molecule has 0 radical (unpaired) electrons. The number of esters is 2. The van der Waals surface area contributed by atoms with E-state index in [0.29, 0.717) is 11.1 Å². The van der Waals surface area contributed by atoms with Crippen LogP contribution in [0.4, 0.5) is 0 Å². The van der Waals surface area contributed by atoms with E-state index in [1.54, 1.807) is 48.5 Å². The van der Waals surface area contributed by atoms with Crippen molar-refractivity contribution in [3.63, 3.8) is 0 Å². The zero-order chi connectivity index (χ0) is 24.7. The van der Waals surface area contributed by atoms with E-state index in [-0.39, 0.29) is 0 Å². The predicted octanol–water partition coefficient (Wildman–Crippen LogP) is 7.21. The molecule has 4 aromatic rings. The van der Waals surface area contributed by atoms with Crippen molar-refractivity contribution in [2.45, 2.75) is 26.1 Å². The van der Waals surface area contributed by atoms with Gasteiger partial charge in [-0.3, -0.25) is 0 Å². The van der Waals surface area contributed by atoms with Gasteiger partial charge in [0.15, 0.2) is 0 Å². The number of hydrogen-bond donors (Lipinski definition) is 0. The van der Waals surface area contributed by atoms with Gasteiger partial charge >= 0.3 is 11.9 Å². The van der Waals surface area contributed by atoms with Crippen molar-refractivity contribution in [2.24, 2.45) is 5.41 Å². The van der Waals surface area contributed by atoms with E-state index in [4.69, 9.17) is 9.47 Å². The molecule has 4 heteroatoms. The number of benzene rings is 4. The molecular formula is C31H28O4. The first-order valence-electron chi connectivity index (χ1n) is 11.6. The minimum atomic E-state index is -0.822. The third kappa shape index (κ3) is 5.67. The van der Waals surface area contributed by atoms with Gasteiger partial charge in [-0.2, -0.15) is 0 Å². The highest BCUT2D eigenvalue weighted by molar-refractivity contribution is 5.90. The SMILES string of the molecule is CC(C)(C(OC(=O)c1ccccc1)c1ccccc1)C(OC(=O)c1ccccc1)c1ccccc1. The van der Waals surface area contributed by atoms with Crippen LogP contribution in [0.3, 0.4) is 0 Å². The Labute approximate surface area is 206 Å². The Morgan fingerprint density at radius 2 is 0.800 bits per heavy atom. The van der Waals surface area contributed by atoms with Crippen molar-refractivity contribution in [1.82, 2.24) is 0 Å². The first kappa shape index (κ1) is 24.0. The Morgan fingerprint density at radius 3 is 1.11 bits per heavy atom. The van der Waals surface area contributed by atoms with Crippen LogP contribution < -0.4 is 0 Å². The van der Waals surface area contributed by atoms with Crippen molar-refractivity contribution >= 4 is 11.9 Å². The number of hydrogen-bond acceptors (Lipinski definition) is 4. The molecule has 0 aliphatic rings. The van der Waals surface area contributed by atoms with Crippen molar-refractivity contribution in [1.29, 1.82) is 0 Å². The van der Waals surface area contributed by atoms with Crippen LogP contribution in [0.25, 0.3) is 0 Å². The fraction of sp³-hybridized carbons (Fsp3) is 0.161. The molecule has 2 unspecified atom stereocenters. The van der Waals surface area contributed by atoms with Gasteiger partial charge in [-0.05, 0) is 35.4 Å². The largest absolute Gasteiger partial charge is 0.453 e. The summed E-state index contributed by atoms with van der Waals surface area (Å²) in [5.41, 5.74) is 1.73. The molecule has 0 aliphatic heterocycles. The van der Waals surface area contributed by atoms with Crippen molar-refractivity contribution < 1.29 is 19.1 Å². The predicted molar refractivity (Wildman–Crippen MR) is 136 cm³/mol. The molecule has 0 spiro atoms. The molecule has 4 aromatic carbocycles. The minimum Gasteiger partial charge on any atom is -0.453 e. The maximum Gasteiger partial charge on any atom is 0.338 e. The lowest BCUT2D eigenvalue weighted by Gasteiger charge is -2.40. The summed E-state index contributed by atoms with van der Waals surface area (Å²) in [6.07, 6.45) is -1.38. The van der Waals surface area contributed by atoms with Crippen LogP contribution in [0.1, 0.15) is 57.9 Å². The smallest absolute Gasteiger partial charge is 0.338 e. The molecule has 0 fully saturated rings. The lowest BCUT2D eigenvalue weighted by atomic mass is 9.75. The summed E-state index contributed by atoms with van der Waals surface area (Å²) in [4.78, 5) is 26.3. The average Bonchev–Trinajstić information content (AvgIpc) is 2.91. The Morgan fingerprint density at radius 1 is 0.514 bits per heavy atom. The molecule has 35 heavy (non-hydrogen) atoms. The van der Waals surface area contributed by atoms with Crippen molar-refractivity contribution in [3.8, 4) is 0 Å². The zero-order valence-electron chi connectivity index (χ0n) is 19.8. The fourth-order valence-electron chi connectivity index (χ4n) is 4.19. The summed E-state index contributed by atoms with van der Waals surface area (Å²) >= 11 is 0. The number of carbonyl (C=O) groups is 2. The summed E-state index contributed by atoms with van der Waals surface area (Å²) in [6, 6.07) is 36.9. The third-order valence-electron chi connectivity index (χ3n) is 6.02. The Kier molecular flexibility index (Phi) is 7.41. The van der Waals surface area contributed by atoms with E-state index in [2.05, 4.69) is 0 Å². The lowest BCUT2D eigenvalue weighted by Crippen LogP contribution is -2.35. The molecule has 4 nitrogen and oxygen atoms in total. The van der Waals surface area contributed by atoms with Crippen LogP contribution in [0, 0.1) is 5.41 Å². The van der Waals surface area contributed by atoms with Gasteiger partial charge in [0, 0.05) is 5.41 Å². The zero-order valence-corrected chi connectivity index (χ0v) is 19.8. The summed E-state index contributed by atoms with van der Waals surface area (Å²) in [7, 11) is 0. The van der Waals surface area contributed by atoms with Gasteiger partial charge in [-0.1, -0.05) is 111 Å². The van der Waals surface area contributed by atoms with Crippen LogP contribution in [0.5, 0.6) is 0 Å². The van der Waals surface area contributed by atoms with E-state index in [0.717, 1.165) is 11.1 Å². The highest BCUT2D eigenvalue weighted by atomic mass is 16.6. The second kappa shape index (κ2) is 10.8. The molecule has 0 aromatic heterocycles. The molecule has 0 aliphatic carbocycles. The minimum absolute atomic E-state index is 0.436. The van der Waals surface area contributed by atoms with E-state index in [1.807, 2.05) is 86.6 Å². The summed E-state index contributed by atoms with van der Waals surface area (Å²) in [5, 5.41) is 0. The number of ether oxygens (including phenoxy) is 2. The third-order valence-corrected chi connectivity index (χ3v) is 6.02. The van der Waals surface area contributed by atoms with Crippen LogP contribution in [-0.4, -0.2) is 11.9 Å². The molecule has 176 valence electrons. The van der Waals surface area contributed by atoms with Crippen molar-refractivity contribution in [3.05, 3.63) is 144 Å². The van der Waals surface area contributed by atoms with Crippen LogP contribution >= 0.6 is 0 Å². The average molecular weight is 465 g/mol. The van der Waals surface area contributed by atoms with Gasteiger partial charge in [0.05, 0.1) is 11.1 Å². The second-order valence-corrected chi connectivity index (χ2v) is 8.95. The van der Waals surface area contributed by atoms with Crippen molar-refractivity contribution in [2.75, 3.05) is 0 Å². The highest BCUT2D eigenvalue weighted by Gasteiger charge is 2.44. The first-order valence-corrected chi connectivity index (χ1v) is 11.6. The quantitative estimate of drug-likeness (QED) is 0.259. The molecule has 0 bridgehead atoms. The highest BCUT2D eigenvalue weighted by Crippen LogP contribution is 2.48. The molecule has 0 saturated heterocycles. The number of carbonyl (C=O) groups excluding carboxylic acids is 2. The molecule has 0 heterocycles. The van der Waals surface area contributed by atoms with E-state index in [1.165, 1.54) is 0 Å². The van der Waals surface area contributed by atoms with Gasteiger partial charge in [-0.25, -0.2) is 9.59 Å². The Bertz CT molecular complexity index is 1140. The lowest BCUT2D eigenvalue weighted by molar-refractivity contribution is -0.0759. The molecule has 0 amide bonds. The normalized spacial score (nSPS) is 12.9. The number of rotatable bonds is 8. The van der Waals surface area contributed by atoms with Gasteiger partial charge in [0.1, 0.15) is 12.2 Å². The standard InChI is InChI=1S/C31H28O4/c1-31(2,27(23-15-7-3-8-16-23)34-29(32)25-19-11-5-12-20-25)28(24-17-9-4-10-18-24)35-30(33)26-21-13-6-14-22-26/h3-22,27-28H,1-2H3. The summed E-state index contributed by atoms with van der Waals surface area (Å²) in [6.45, 7) is 3.91. The van der Waals surface area contributed by atoms with E-state index < -0.39 is 29.6 Å². The van der Waals surface area contributed by atoms with E-state index >= 15 is 0 Å². The van der Waals surface area contributed by atoms with Gasteiger partial charge < -0.3 is 9.47 Å².